The van der Waals surface area contributed by atoms with Crippen molar-refractivity contribution in [3.63, 3.8) is 0 Å². The maximum absolute atomic E-state index is 12.9. The van der Waals surface area contributed by atoms with Gasteiger partial charge in [-0.2, -0.15) is 0 Å². The number of aliphatic hydroxyl groups is 1. The number of likely N-dealkylation sites (N-methyl/N-ethyl adjacent to an activating group) is 1. The predicted octanol–water partition coefficient (Wildman–Crippen LogP) is 3.26. The Kier molecular flexibility index (Phi) is 4.77. The average Bonchev–Trinajstić information content (AvgIpc) is 3.08. The predicted molar refractivity (Wildman–Crippen MR) is 108 cm³/mol. The Morgan fingerprint density at radius 1 is 1.11 bits per heavy atom. The van der Waals surface area contributed by atoms with Gasteiger partial charge in [-0.25, -0.2) is 0 Å². The van der Waals surface area contributed by atoms with Gasteiger partial charge in [0.1, 0.15) is 5.69 Å². The van der Waals surface area contributed by atoms with Crippen LogP contribution in [0.4, 0.5) is 0 Å². The zero-order valence-electron chi connectivity index (χ0n) is 16.5. The van der Waals surface area contributed by atoms with Crippen LogP contribution in [0.1, 0.15) is 49.0 Å². The van der Waals surface area contributed by atoms with Gasteiger partial charge in [0.05, 0.1) is 5.60 Å². The maximum Gasteiger partial charge on any atom is 0.270 e. The minimum absolute atomic E-state index is 0.112. The van der Waals surface area contributed by atoms with E-state index in [1.54, 1.807) is 0 Å². The first kappa shape index (κ1) is 18.5. The fourth-order valence-corrected chi connectivity index (χ4v) is 5.04. The van der Waals surface area contributed by atoms with Crippen LogP contribution in [-0.2, 0) is 0 Å². The topological polar surface area (TPSA) is 59.6 Å². The van der Waals surface area contributed by atoms with Crippen molar-refractivity contribution >= 4 is 16.8 Å². The van der Waals surface area contributed by atoms with Crippen molar-refractivity contribution in [2.75, 3.05) is 33.7 Å². The molecule has 5 heteroatoms. The molecule has 2 aromatic rings. The van der Waals surface area contributed by atoms with E-state index in [1.165, 1.54) is 0 Å². The quantitative estimate of drug-likeness (QED) is 0.873. The van der Waals surface area contributed by atoms with Crippen LogP contribution in [0.15, 0.2) is 30.3 Å². The molecule has 1 aromatic heterocycles. The van der Waals surface area contributed by atoms with Crippen LogP contribution < -0.4 is 0 Å². The molecule has 2 heterocycles. The highest BCUT2D eigenvalue weighted by molar-refractivity contribution is 5.98. The molecule has 1 aromatic carbocycles. The van der Waals surface area contributed by atoms with Gasteiger partial charge in [-0.15, -0.1) is 0 Å². The van der Waals surface area contributed by atoms with Crippen molar-refractivity contribution in [1.82, 2.24) is 14.8 Å². The number of aromatic amines is 1. The first-order valence-electron chi connectivity index (χ1n) is 10.1. The Morgan fingerprint density at radius 3 is 2.41 bits per heavy atom. The van der Waals surface area contributed by atoms with E-state index in [9.17, 15) is 9.90 Å². The second kappa shape index (κ2) is 6.95. The number of likely N-dealkylation sites (tertiary alicyclic amines) is 1. The lowest BCUT2D eigenvalue weighted by molar-refractivity contribution is -0.0616. The lowest BCUT2D eigenvalue weighted by atomic mass is 9.64. The molecular weight excluding hydrogens is 338 g/mol. The third-order valence-electron chi connectivity index (χ3n) is 6.72. The molecule has 5 nitrogen and oxygen atoms in total. The molecule has 0 bridgehead atoms. The summed E-state index contributed by atoms with van der Waals surface area (Å²) >= 11 is 0. The maximum atomic E-state index is 12.9. The Bertz CT molecular complexity index is 775. The molecule has 2 N–H and O–H groups in total. The minimum Gasteiger partial charge on any atom is -0.389 e. The van der Waals surface area contributed by atoms with E-state index >= 15 is 0 Å². The van der Waals surface area contributed by atoms with Crippen LogP contribution in [-0.4, -0.2) is 65.1 Å². The van der Waals surface area contributed by atoms with E-state index in [4.69, 9.17) is 0 Å². The Morgan fingerprint density at radius 2 is 1.78 bits per heavy atom. The fourth-order valence-electron chi connectivity index (χ4n) is 5.04. The highest BCUT2D eigenvalue weighted by Gasteiger charge is 2.44. The van der Waals surface area contributed by atoms with Gasteiger partial charge in [-0.3, -0.25) is 4.79 Å². The number of piperidine rings is 1. The van der Waals surface area contributed by atoms with Crippen molar-refractivity contribution < 1.29 is 9.90 Å². The third kappa shape index (κ3) is 3.76. The van der Waals surface area contributed by atoms with Crippen LogP contribution in [0, 0.1) is 5.41 Å². The lowest BCUT2D eigenvalue weighted by Gasteiger charge is -2.48. The average molecular weight is 370 g/mol. The molecular formula is C22H31N3O2. The monoisotopic (exact) mass is 369 g/mol. The highest BCUT2D eigenvalue weighted by atomic mass is 16.3. The van der Waals surface area contributed by atoms with Gasteiger partial charge in [0.2, 0.25) is 0 Å². The Balaban J connectivity index is 1.37. The standard InChI is InChI=1S/C22H31N3O2/c1-24(2)16-22(27)9-7-21(8-10-22)11-13-25(14-12-21)20(26)19-15-17-5-3-4-6-18(17)23-19/h3-6,15,23,27H,7-14,16H2,1-2H3. The van der Waals surface area contributed by atoms with Gasteiger partial charge in [0.15, 0.2) is 0 Å². The minimum atomic E-state index is -0.536. The summed E-state index contributed by atoms with van der Waals surface area (Å²) in [6.45, 7) is 2.38. The van der Waals surface area contributed by atoms with Crippen molar-refractivity contribution in [2.24, 2.45) is 5.41 Å². The van der Waals surface area contributed by atoms with Crippen LogP contribution in [0.5, 0.6) is 0 Å². The molecule has 0 radical (unpaired) electrons. The van der Waals surface area contributed by atoms with Gasteiger partial charge in [-0.05, 0) is 70.2 Å². The number of benzene rings is 1. The summed E-state index contributed by atoms with van der Waals surface area (Å²) in [5.41, 5.74) is 1.49. The number of fused-ring (bicyclic) bond motifs is 1. The molecule has 1 saturated heterocycles. The van der Waals surface area contributed by atoms with Crippen molar-refractivity contribution in [3.05, 3.63) is 36.0 Å². The van der Waals surface area contributed by atoms with Gasteiger partial charge in [0, 0.05) is 30.5 Å². The van der Waals surface area contributed by atoms with Crippen LogP contribution >= 0.6 is 0 Å². The second-order valence-electron chi connectivity index (χ2n) is 9.02. The molecule has 1 amide bonds. The van der Waals surface area contributed by atoms with E-state index in [2.05, 4.69) is 9.88 Å². The lowest BCUT2D eigenvalue weighted by Crippen LogP contribution is -2.49. The number of aromatic nitrogens is 1. The van der Waals surface area contributed by atoms with E-state index in [0.29, 0.717) is 11.1 Å². The van der Waals surface area contributed by atoms with Crippen LogP contribution in [0.25, 0.3) is 10.9 Å². The summed E-state index contributed by atoms with van der Waals surface area (Å²) in [4.78, 5) is 20.3. The third-order valence-corrected chi connectivity index (χ3v) is 6.72. The number of H-pyrrole nitrogens is 1. The summed E-state index contributed by atoms with van der Waals surface area (Å²) in [6, 6.07) is 9.98. The van der Waals surface area contributed by atoms with Crippen molar-refractivity contribution in [3.8, 4) is 0 Å². The molecule has 1 aliphatic heterocycles. The number of carbonyl (C=O) groups excluding carboxylic acids is 1. The molecule has 2 fully saturated rings. The van der Waals surface area contributed by atoms with Gasteiger partial charge in [0.25, 0.3) is 5.91 Å². The Hall–Kier alpha value is -1.85. The van der Waals surface area contributed by atoms with Crippen molar-refractivity contribution in [2.45, 2.75) is 44.1 Å². The normalized spacial score (nSPS) is 21.9. The zero-order valence-corrected chi connectivity index (χ0v) is 16.5. The first-order valence-corrected chi connectivity index (χ1v) is 10.1. The summed E-state index contributed by atoms with van der Waals surface area (Å²) in [7, 11) is 4.05. The van der Waals surface area contributed by atoms with Crippen LogP contribution in [0.2, 0.25) is 0 Å². The largest absolute Gasteiger partial charge is 0.389 e. The van der Waals surface area contributed by atoms with E-state index in [1.807, 2.05) is 49.3 Å². The molecule has 0 atom stereocenters. The summed E-state index contributed by atoms with van der Waals surface area (Å²) in [6.07, 6.45) is 6.01. The number of rotatable bonds is 3. The molecule has 2 aliphatic rings. The number of amides is 1. The fraction of sp³-hybridized carbons (Fsp3) is 0.591. The van der Waals surface area contributed by atoms with Crippen molar-refractivity contribution in [1.29, 1.82) is 0 Å². The van der Waals surface area contributed by atoms with E-state index in [0.717, 1.165) is 69.1 Å². The summed E-state index contributed by atoms with van der Waals surface area (Å²) in [5, 5.41) is 11.9. The first-order chi connectivity index (χ1) is 12.9. The number of hydrogen-bond donors (Lipinski definition) is 2. The second-order valence-corrected chi connectivity index (χ2v) is 9.02. The van der Waals surface area contributed by atoms with E-state index < -0.39 is 5.60 Å². The number of nitrogens with one attached hydrogen (secondary N) is 1. The molecule has 1 aliphatic carbocycles. The highest BCUT2D eigenvalue weighted by Crippen LogP contribution is 2.47. The smallest absolute Gasteiger partial charge is 0.270 e. The summed E-state index contributed by atoms with van der Waals surface area (Å²) in [5.74, 6) is 0.112. The van der Waals surface area contributed by atoms with Gasteiger partial charge >= 0.3 is 0 Å². The van der Waals surface area contributed by atoms with Crippen LogP contribution in [0.3, 0.4) is 0 Å². The molecule has 0 unspecified atom stereocenters. The molecule has 4 rings (SSSR count). The molecule has 27 heavy (non-hydrogen) atoms. The van der Waals surface area contributed by atoms with Gasteiger partial charge < -0.3 is 19.9 Å². The summed E-state index contributed by atoms with van der Waals surface area (Å²) < 4.78 is 0. The Labute approximate surface area is 161 Å². The molecule has 1 saturated carbocycles. The number of hydrogen-bond acceptors (Lipinski definition) is 3. The zero-order chi connectivity index (χ0) is 19.1. The number of nitrogens with zero attached hydrogens (tertiary/aromatic N) is 2. The molecule has 146 valence electrons. The number of carbonyl (C=O) groups is 1. The van der Waals surface area contributed by atoms with E-state index in [-0.39, 0.29) is 5.91 Å². The molecule has 1 spiro atoms. The SMILES string of the molecule is CN(C)CC1(O)CCC2(CCN(C(=O)c3cc4ccccc4[nH]3)CC2)CC1. The van der Waals surface area contributed by atoms with Gasteiger partial charge in [-0.1, -0.05) is 18.2 Å². The number of para-hydroxylation sites is 1.